The third-order valence-electron chi connectivity index (χ3n) is 3.43. The molecule has 1 heterocycles. The van der Waals surface area contributed by atoms with E-state index in [-0.39, 0.29) is 5.41 Å². The van der Waals surface area contributed by atoms with Crippen molar-refractivity contribution in [2.75, 3.05) is 0 Å². The standard InChI is InChI=1S/C17H18N2/c1-17(2,3)14-8-6-9-15(11-14)19-16-10-5-4-7-13(16)12-18-19/h4-12H,1-3H3. The molecule has 2 aromatic carbocycles. The van der Waals surface area contributed by atoms with E-state index in [0.29, 0.717) is 0 Å². The van der Waals surface area contributed by atoms with E-state index >= 15 is 0 Å². The van der Waals surface area contributed by atoms with Crippen LogP contribution in [0, 0.1) is 0 Å². The van der Waals surface area contributed by atoms with Gasteiger partial charge in [0.15, 0.2) is 0 Å². The van der Waals surface area contributed by atoms with Crippen molar-refractivity contribution >= 4 is 10.9 Å². The lowest BCUT2D eigenvalue weighted by Gasteiger charge is -2.19. The molecule has 2 nitrogen and oxygen atoms in total. The normalized spacial score (nSPS) is 11.9. The summed E-state index contributed by atoms with van der Waals surface area (Å²) in [6, 6.07) is 16.9. The second-order valence-corrected chi connectivity index (χ2v) is 5.92. The fraction of sp³-hybridized carbons (Fsp3) is 0.235. The summed E-state index contributed by atoms with van der Waals surface area (Å²) < 4.78 is 2.00. The first-order chi connectivity index (χ1) is 9.05. The summed E-state index contributed by atoms with van der Waals surface area (Å²) >= 11 is 0. The molecule has 3 aromatic rings. The Morgan fingerprint density at radius 1 is 0.947 bits per heavy atom. The van der Waals surface area contributed by atoms with Gasteiger partial charge in [-0.3, -0.25) is 0 Å². The molecule has 0 saturated carbocycles. The van der Waals surface area contributed by atoms with E-state index < -0.39 is 0 Å². The van der Waals surface area contributed by atoms with Crippen LogP contribution in [0.15, 0.2) is 54.7 Å². The van der Waals surface area contributed by atoms with Gasteiger partial charge in [-0.1, -0.05) is 51.1 Å². The lowest BCUT2D eigenvalue weighted by molar-refractivity contribution is 0.589. The summed E-state index contributed by atoms with van der Waals surface area (Å²) in [5.74, 6) is 0. The number of nitrogens with zero attached hydrogens (tertiary/aromatic N) is 2. The number of hydrogen-bond acceptors (Lipinski definition) is 1. The summed E-state index contributed by atoms with van der Waals surface area (Å²) in [5, 5.41) is 5.68. The Morgan fingerprint density at radius 2 is 1.74 bits per heavy atom. The van der Waals surface area contributed by atoms with Crippen molar-refractivity contribution in [3.8, 4) is 5.69 Å². The number of aromatic nitrogens is 2. The van der Waals surface area contributed by atoms with E-state index in [9.17, 15) is 0 Å². The predicted molar refractivity (Wildman–Crippen MR) is 79.8 cm³/mol. The van der Waals surface area contributed by atoms with Gasteiger partial charge in [0, 0.05) is 5.39 Å². The molecular formula is C17H18N2. The van der Waals surface area contributed by atoms with Gasteiger partial charge in [0.25, 0.3) is 0 Å². The fourth-order valence-corrected chi connectivity index (χ4v) is 2.28. The van der Waals surface area contributed by atoms with Crippen LogP contribution in [-0.4, -0.2) is 9.78 Å². The first kappa shape index (κ1) is 12.0. The summed E-state index contributed by atoms with van der Waals surface area (Å²) in [6.07, 6.45) is 1.92. The van der Waals surface area contributed by atoms with Crippen molar-refractivity contribution < 1.29 is 0 Å². The summed E-state index contributed by atoms with van der Waals surface area (Å²) in [4.78, 5) is 0. The molecular weight excluding hydrogens is 232 g/mol. The minimum absolute atomic E-state index is 0.152. The predicted octanol–water partition coefficient (Wildman–Crippen LogP) is 4.32. The van der Waals surface area contributed by atoms with E-state index in [1.54, 1.807) is 0 Å². The molecule has 0 amide bonds. The van der Waals surface area contributed by atoms with Gasteiger partial charge in [-0.2, -0.15) is 5.10 Å². The van der Waals surface area contributed by atoms with Gasteiger partial charge >= 0.3 is 0 Å². The molecule has 0 aliphatic heterocycles. The molecule has 2 heteroatoms. The maximum Gasteiger partial charge on any atom is 0.0741 e. The minimum Gasteiger partial charge on any atom is -0.233 e. The van der Waals surface area contributed by atoms with Crippen LogP contribution in [0.2, 0.25) is 0 Å². The van der Waals surface area contributed by atoms with Gasteiger partial charge in [0.05, 0.1) is 17.4 Å². The van der Waals surface area contributed by atoms with E-state index in [2.05, 4.69) is 62.3 Å². The Labute approximate surface area is 113 Å². The minimum atomic E-state index is 0.152. The van der Waals surface area contributed by atoms with Gasteiger partial charge < -0.3 is 0 Å². The maximum absolute atomic E-state index is 4.51. The summed E-state index contributed by atoms with van der Waals surface area (Å²) in [5.41, 5.74) is 3.74. The third kappa shape index (κ3) is 2.14. The molecule has 3 rings (SSSR count). The molecule has 0 aliphatic carbocycles. The fourth-order valence-electron chi connectivity index (χ4n) is 2.28. The average Bonchev–Trinajstić information content (AvgIpc) is 2.82. The number of para-hydroxylation sites is 1. The highest BCUT2D eigenvalue weighted by Gasteiger charge is 2.14. The van der Waals surface area contributed by atoms with Crippen LogP contribution < -0.4 is 0 Å². The molecule has 0 radical (unpaired) electrons. The number of fused-ring (bicyclic) bond motifs is 1. The Bertz CT molecular complexity index is 717. The first-order valence-corrected chi connectivity index (χ1v) is 6.59. The average molecular weight is 250 g/mol. The zero-order valence-corrected chi connectivity index (χ0v) is 11.6. The maximum atomic E-state index is 4.51. The highest BCUT2D eigenvalue weighted by atomic mass is 15.3. The van der Waals surface area contributed by atoms with Gasteiger partial charge in [-0.05, 0) is 29.2 Å². The van der Waals surface area contributed by atoms with Crippen LogP contribution in [0.4, 0.5) is 0 Å². The lowest BCUT2D eigenvalue weighted by atomic mass is 9.87. The molecule has 0 spiro atoms. The van der Waals surface area contributed by atoms with Crippen LogP contribution in [0.5, 0.6) is 0 Å². The van der Waals surface area contributed by atoms with E-state index in [4.69, 9.17) is 0 Å². The van der Waals surface area contributed by atoms with Crippen LogP contribution >= 0.6 is 0 Å². The largest absolute Gasteiger partial charge is 0.233 e. The molecule has 0 aliphatic rings. The Kier molecular flexibility index (Phi) is 2.67. The Morgan fingerprint density at radius 3 is 2.53 bits per heavy atom. The zero-order chi connectivity index (χ0) is 13.5. The molecule has 96 valence electrons. The van der Waals surface area contributed by atoms with Gasteiger partial charge in [0.1, 0.15) is 0 Å². The van der Waals surface area contributed by atoms with Crippen LogP contribution in [0.25, 0.3) is 16.6 Å². The summed E-state index contributed by atoms with van der Waals surface area (Å²) in [7, 11) is 0. The Balaban J connectivity index is 2.17. The molecule has 0 atom stereocenters. The lowest BCUT2D eigenvalue weighted by Crippen LogP contribution is -2.11. The van der Waals surface area contributed by atoms with Crippen molar-refractivity contribution in [2.24, 2.45) is 0 Å². The molecule has 0 unspecified atom stereocenters. The van der Waals surface area contributed by atoms with Crippen molar-refractivity contribution in [3.63, 3.8) is 0 Å². The van der Waals surface area contributed by atoms with Crippen molar-refractivity contribution in [2.45, 2.75) is 26.2 Å². The van der Waals surface area contributed by atoms with Crippen LogP contribution in [0.3, 0.4) is 0 Å². The third-order valence-corrected chi connectivity index (χ3v) is 3.43. The number of rotatable bonds is 1. The second kappa shape index (κ2) is 4.23. The van der Waals surface area contributed by atoms with Crippen LogP contribution in [0.1, 0.15) is 26.3 Å². The molecule has 0 fully saturated rings. The zero-order valence-electron chi connectivity index (χ0n) is 11.6. The van der Waals surface area contributed by atoms with Crippen molar-refractivity contribution in [3.05, 3.63) is 60.3 Å². The molecule has 0 bridgehead atoms. The van der Waals surface area contributed by atoms with Crippen LogP contribution in [-0.2, 0) is 5.41 Å². The molecule has 19 heavy (non-hydrogen) atoms. The van der Waals surface area contributed by atoms with E-state index in [0.717, 1.165) is 11.2 Å². The number of benzene rings is 2. The molecule has 0 N–H and O–H groups in total. The smallest absolute Gasteiger partial charge is 0.0741 e. The quantitative estimate of drug-likeness (QED) is 0.629. The highest BCUT2D eigenvalue weighted by Crippen LogP contribution is 2.25. The number of hydrogen-bond donors (Lipinski definition) is 0. The van der Waals surface area contributed by atoms with Crippen molar-refractivity contribution in [1.29, 1.82) is 0 Å². The monoisotopic (exact) mass is 250 g/mol. The SMILES string of the molecule is CC(C)(C)c1cccc(-n2ncc3ccccc32)c1. The van der Waals surface area contributed by atoms with Gasteiger partial charge in [0.2, 0.25) is 0 Å². The topological polar surface area (TPSA) is 17.8 Å². The highest BCUT2D eigenvalue weighted by molar-refractivity contribution is 5.80. The molecule has 1 aromatic heterocycles. The first-order valence-electron chi connectivity index (χ1n) is 6.59. The van der Waals surface area contributed by atoms with Crippen molar-refractivity contribution in [1.82, 2.24) is 9.78 Å². The van der Waals surface area contributed by atoms with Gasteiger partial charge in [-0.25, -0.2) is 4.68 Å². The van der Waals surface area contributed by atoms with E-state index in [1.807, 2.05) is 23.0 Å². The Hall–Kier alpha value is -2.09. The van der Waals surface area contributed by atoms with E-state index in [1.165, 1.54) is 10.9 Å². The van der Waals surface area contributed by atoms with Gasteiger partial charge in [-0.15, -0.1) is 0 Å². The molecule has 0 saturated heterocycles. The second-order valence-electron chi connectivity index (χ2n) is 5.92. The summed E-state index contributed by atoms with van der Waals surface area (Å²) in [6.45, 7) is 6.69.